The summed E-state index contributed by atoms with van der Waals surface area (Å²) in [5.74, 6) is -1.28. The highest BCUT2D eigenvalue weighted by Crippen LogP contribution is 2.30. The lowest BCUT2D eigenvalue weighted by atomic mass is 9.92. The van der Waals surface area contributed by atoms with Crippen LogP contribution in [0.3, 0.4) is 0 Å². The summed E-state index contributed by atoms with van der Waals surface area (Å²) in [6.07, 6.45) is 0. The van der Waals surface area contributed by atoms with E-state index >= 15 is 0 Å². The molecule has 0 fully saturated rings. The second-order valence-electron chi connectivity index (χ2n) is 4.23. The van der Waals surface area contributed by atoms with Gasteiger partial charge in [0.1, 0.15) is 5.92 Å². The first-order valence-electron chi connectivity index (χ1n) is 5.78. The molecule has 0 aliphatic carbocycles. The number of carbonyl (C=O) groups excluding carboxylic acids is 1. The lowest BCUT2D eigenvalue weighted by Gasteiger charge is -2.10. The van der Waals surface area contributed by atoms with E-state index in [1.165, 1.54) is 6.07 Å². The highest BCUT2D eigenvalue weighted by molar-refractivity contribution is 9.10. The number of Topliss-reactive ketones (excluding diaryl/α,β-unsaturated/α-hetero) is 1. The van der Waals surface area contributed by atoms with Crippen LogP contribution in [-0.4, -0.2) is 5.78 Å². The van der Waals surface area contributed by atoms with E-state index in [4.69, 9.17) is 34.8 Å². The summed E-state index contributed by atoms with van der Waals surface area (Å²) >= 11 is 20.9. The van der Waals surface area contributed by atoms with Gasteiger partial charge in [-0.15, -0.1) is 0 Å². The van der Waals surface area contributed by atoms with Crippen molar-refractivity contribution in [2.24, 2.45) is 0 Å². The molecule has 106 valence electrons. The number of carbonyl (C=O) groups is 1. The molecule has 0 bridgehead atoms. The van der Waals surface area contributed by atoms with Gasteiger partial charge in [0.2, 0.25) is 0 Å². The van der Waals surface area contributed by atoms with Crippen LogP contribution in [0.15, 0.2) is 40.9 Å². The second kappa shape index (κ2) is 6.81. The highest BCUT2D eigenvalue weighted by atomic mass is 79.9. The zero-order valence-corrected chi connectivity index (χ0v) is 14.3. The Morgan fingerprint density at radius 2 is 1.71 bits per heavy atom. The van der Waals surface area contributed by atoms with Crippen LogP contribution < -0.4 is 0 Å². The quantitative estimate of drug-likeness (QED) is 0.599. The zero-order valence-electron chi connectivity index (χ0n) is 10.4. The summed E-state index contributed by atoms with van der Waals surface area (Å²) in [7, 11) is 0. The van der Waals surface area contributed by atoms with Crippen molar-refractivity contribution in [3.8, 4) is 6.07 Å². The molecule has 0 aliphatic heterocycles. The third-order valence-electron chi connectivity index (χ3n) is 2.87. The van der Waals surface area contributed by atoms with Gasteiger partial charge in [0, 0.05) is 10.0 Å². The Kier molecular flexibility index (Phi) is 5.29. The lowest BCUT2D eigenvalue weighted by molar-refractivity contribution is 0.0979. The second-order valence-corrected chi connectivity index (χ2v) is 6.30. The van der Waals surface area contributed by atoms with Crippen molar-refractivity contribution in [3.63, 3.8) is 0 Å². The third kappa shape index (κ3) is 3.59. The molecule has 0 spiro atoms. The molecule has 0 N–H and O–H groups in total. The normalized spacial score (nSPS) is 11.8. The minimum Gasteiger partial charge on any atom is -0.292 e. The van der Waals surface area contributed by atoms with E-state index in [1.807, 2.05) is 6.07 Å². The monoisotopic (exact) mass is 401 g/mol. The van der Waals surface area contributed by atoms with E-state index in [1.54, 1.807) is 30.3 Å². The van der Waals surface area contributed by atoms with Crippen molar-refractivity contribution >= 4 is 56.5 Å². The Hall–Kier alpha value is -1.05. The van der Waals surface area contributed by atoms with E-state index in [0.29, 0.717) is 30.7 Å². The van der Waals surface area contributed by atoms with Gasteiger partial charge in [0.05, 0.1) is 21.1 Å². The van der Waals surface area contributed by atoms with Gasteiger partial charge in [-0.25, -0.2) is 0 Å². The van der Waals surface area contributed by atoms with Crippen molar-refractivity contribution in [3.05, 3.63) is 67.1 Å². The molecule has 2 aromatic carbocycles. The Balaban J connectivity index is 2.41. The van der Waals surface area contributed by atoms with Crippen LogP contribution in [0.2, 0.25) is 15.1 Å². The molecule has 6 heteroatoms. The zero-order chi connectivity index (χ0) is 15.6. The fourth-order valence-electron chi connectivity index (χ4n) is 1.79. The van der Waals surface area contributed by atoms with Gasteiger partial charge in [0.25, 0.3) is 0 Å². The summed E-state index contributed by atoms with van der Waals surface area (Å²) in [6, 6.07) is 11.5. The summed E-state index contributed by atoms with van der Waals surface area (Å²) in [5, 5.41) is 10.5. The van der Waals surface area contributed by atoms with Crippen LogP contribution in [0.4, 0.5) is 0 Å². The number of hydrogen-bond acceptors (Lipinski definition) is 2. The minimum absolute atomic E-state index is 0.305. The van der Waals surface area contributed by atoms with E-state index in [0.717, 1.165) is 0 Å². The first-order valence-corrected chi connectivity index (χ1v) is 7.70. The molecule has 1 atom stereocenters. The molecular weight excluding hydrogens is 396 g/mol. The van der Waals surface area contributed by atoms with Crippen molar-refractivity contribution < 1.29 is 4.79 Å². The Morgan fingerprint density at radius 1 is 1.05 bits per heavy atom. The van der Waals surface area contributed by atoms with Crippen LogP contribution in [-0.2, 0) is 0 Å². The van der Waals surface area contributed by atoms with Crippen molar-refractivity contribution in [1.82, 2.24) is 0 Å². The highest BCUT2D eigenvalue weighted by Gasteiger charge is 2.23. The van der Waals surface area contributed by atoms with Gasteiger partial charge in [-0.1, -0.05) is 40.9 Å². The molecule has 0 aliphatic rings. The molecule has 2 nitrogen and oxygen atoms in total. The Labute approximate surface area is 145 Å². The average molecular weight is 403 g/mol. The van der Waals surface area contributed by atoms with Crippen molar-refractivity contribution in [1.29, 1.82) is 5.26 Å². The molecule has 0 saturated heterocycles. The summed E-state index contributed by atoms with van der Waals surface area (Å²) in [4.78, 5) is 12.5. The maximum absolute atomic E-state index is 12.5. The first-order chi connectivity index (χ1) is 9.93. The van der Waals surface area contributed by atoms with E-state index in [2.05, 4.69) is 15.9 Å². The van der Waals surface area contributed by atoms with Gasteiger partial charge in [0.15, 0.2) is 5.78 Å². The molecule has 0 amide bonds. The SMILES string of the molecule is N#CC(C(=O)c1ccc(Cl)c(Br)c1)c1ccc(Cl)c(Cl)c1. The number of ketones is 1. The van der Waals surface area contributed by atoms with Gasteiger partial charge >= 0.3 is 0 Å². The number of halogens is 4. The summed E-state index contributed by atoms with van der Waals surface area (Å²) in [6.45, 7) is 0. The van der Waals surface area contributed by atoms with E-state index < -0.39 is 5.92 Å². The van der Waals surface area contributed by atoms with Gasteiger partial charge in [-0.2, -0.15) is 5.26 Å². The lowest BCUT2D eigenvalue weighted by Crippen LogP contribution is -2.11. The Morgan fingerprint density at radius 3 is 2.29 bits per heavy atom. The molecule has 0 radical (unpaired) electrons. The molecule has 21 heavy (non-hydrogen) atoms. The largest absolute Gasteiger partial charge is 0.292 e. The predicted octanol–water partition coefficient (Wildman–Crippen LogP) is 5.90. The van der Waals surface area contributed by atoms with E-state index in [9.17, 15) is 10.1 Å². The minimum atomic E-state index is -0.951. The van der Waals surface area contributed by atoms with Crippen LogP contribution >= 0.6 is 50.7 Å². The fraction of sp³-hybridized carbons (Fsp3) is 0.0667. The molecule has 0 saturated carbocycles. The standard InChI is InChI=1S/C15H7BrCl3NO/c16-11-5-9(2-3-12(11)17)15(21)10(7-20)8-1-4-13(18)14(19)6-8/h1-6,10H. The van der Waals surface area contributed by atoms with Crippen LogP contribution in [0.1, 0.15) is 21.8 Å². The molecule has 1 unspecified atom stereocenters. The fourth-order valence-corrected chi connectivity index (χ4v) is 2.60. The Bertz CT molecular complexity index is 755. The third-order valence-corrected chi connectivity index (χ3v) is 4.83. The molecule has 0 aromatic heterocycles. The van der Waals surface area contributed by atoms with E-state index in [-0.39, 0.29) is 5.78 Å². The van der Waals surface area contributed by atoms with Crippen LogP contribution in [0.25, 0.3) is 0 Å². The molecule has 2 aromatic rings. The number of benzene rings is 2. The summed E-state index contributed by atoms with van der Waals surface area (Å²) < 4.78 is 0.598. The molecule has 0 heterocycles. The average Bonchev–Trinajstić information content (AvgIpc) is 2.46. The number of hydrogen-bond donors (Lipinski definition) is 0. The molecule has 2 rings (SSSR count). The van der Waals surface area contributed by atoms with Crippen LogP contribution in [0, 0.1) is 11.3 Å². The topological polar surface area (TPSA) is 40.9 Å². The summed E-state index contributed by atoms with van der Waals surface area (Å²) in [5.41, 5.74) is 0.895. The predicted molar refractivity (Wildman–Crippen MR) is 88.3 cm³/mol. The van der Waals surface area contributed by atoms with Gasteiger partial charge < -0.3 is 0 Å². The smallest absolute Gasteiger partial charge is 0.184 e. The maximum Gasteiger partial charge on any atom is 0.184 e. The van der Waals surface area contributed by atoms with Crippen molar-refractivity contribution in [2.75, 3.05) is 0 Å². The van der Waals surface area contributed by atoms with Gasteiger partial charge in [-0.05, 0) is 51.8 Å². The van der Waals surface area contributed by atoms with Crippen LogP contribution in [0.5, 0.6) is 0 Å². The first kappa shape index (κ1) is 16.3. The maximum atomic E-state index is 12.5. The number of nitriles is 1. The molecular formula is C15H7BrCl3NO. The number of rotatable bonds is 3. The van der Waals surface area contributed by atoms with Gasteiger partial charge in [-0.3, -0.25) is 4.79 Å². The number of nitrogens with zero attached hydrogens (tertiary/aromatic N) is 1. The van der Waals surface area contributed by atoms with Crippen molar-refractivity contribution in [2.45, 2.75) is 5.92 Å².